The molecular formula is C13H13N3. The Balaban J connectivity index is 2.51. The van der Waals surface area contributed by atoms with Crippen molar-refractivity contribution in [1.82, 2.24) is 9.38 Å². The van der Waals surface area contributed by atoms with Crippen LogP contribution in [0.15, 0.2) is 36.5 Å². The lowest BCUT2D eigenvalue weighted by atomic mass is 10.1. The van der Waals surface area contributed by atoms with Crippen molar-refractivity contribution in [3.05, 3.63) is 47.8 Å². The van der Waals surface area contributed by atoms with Crippen LogP contribution in [0.2, 0.25) is 0 Å². The fourth-order valence-corrected chi connectivity index (χ4v) is 2.15. The number of aromatic nitrogens is 2. The molecule has 0 unspecified atom stereocenters. The minimum Gasteiger partial charge on any atom is -0.325 e. The standard InChI is InChI=1S/C13H13N3/c1-9-3-2-4-10-5-6-12-15-11(7-14)8-16(12)13(9)10/h2-6,8H,7,14H2,1H3. The molecule has 3 rings (SSSR count). The van der Waals surface area contributed by atoms with Crippen LogP contribution in [0.5, 0.6) is 0 Å². The highest BCUT2D eigenvalue weighted by Gasteiger charge is 2.05. The molecule has 2 aromatic heterocycles. The molecule has 16 heavy (non-hydrogen) atoms. The van der Waals surface area contributed by atoms with Crippen molar-refractivity contribution in [2.24, 2.45) is 5.73 Å². The zero-order valence-electron chi connectivity index (χ0n) is 9.14. The van der Waals surface area contributed by atoms with Crippen molar-refractivity contribution < 1.29 is 0 Å². The molecule has 0 saturated heterocycles. The highest BCUT2D eigenvalue weighted by Crippen LogP contribution is 2.20. The Morgan fingerprint density at radius 1 is 1.25 bits per heavy atom. The third-order valence-electron chi connectivity index (χ3n) is 2.91. The molecule has 0 spiro atoms. The SMILES string of the molecule is Cc1cccc2ccc3nc(CN)cn3c12. The van der Waals surface area contributed by atoms with Gasteiger partial charge in [0.15, 0.2) is 0 Å². The second-order valence-electron chi connectivity index (χ2n) is 4.01. The molecule has 3 aromatic rings. The Morgan fingerprint density at radius 3 is 2.94 bits per heavy atom. The van der Waals surface area contributed by atoms with Crippen molar-refractivity contribution in [2.45, 2.75) is 13.5 Å². The Kier molecular flexibility index (Phi) is 1.94. The lowest BCUT2D eigenvalue weighted by Crippen LogP contribution is -1.95. The fraction of sp³-hybridized carbons (Fsp3) is 0.154. The summed E-state index contributed by atoms with van der Waals surface area (Å²) in [6.07, 6.45) is 2.02. The van der Waals surface area contributed by atoms with Gasteiger partial charge in [-0.2, -0.15) is 0 Å². The number of pyridine rings is 1. The second kappa shape index (κ2) is 3.32. The molecule has 1 aromatic carbocycles. The van der Waals surface area contributed by atoms with Crippen LogP contribution >= 0.6 is 0 Å². The predicted molar refractivity (Wildman–Crippen MR) is 65.3 cm³/mol. The largest absolute Gasteiger partial charge is 0.325 e. The van der Waals surface area contributed by atoms with E-state index in [0.717, 1.165) is 11.3 Å². The highest BCUT2D eigenvalue weighted by molar-refractivity contribution is 5.84. The van der Waals surface area contributed by atoms with E-state index >= 15 is 0 Å². The van der Waals surface area contributed by atoms with Gasteiger partial charge in [0, 0.05) is 12.7 Å². The van der Waals surface area contributed by atoms with E-state index < -0.39 is 0 Å². The molecule has 0 radical (unpaired) electrons. The average molecular weight is 211 g/mol. The molecule has 3 heteroatoms. The molecule has 0 aliphatic carbocycles. The number of para-hydroxylation sites is 1. The van der Waals surface area contributed by atoms with Crippen molar-refractivity contribution in [3.63, 3.8) is 0 Å². The molecule has 0 atom stereocenters. The molecule has 0 aliphatic rings. The van der Waals surface area contributed by atoms with E-state index in [9.17, 15) is 0 Å². The molecule has 0 saturated carbocycles. The first-order valence-corrected chi connectivity index (χ1v) is 5.36. The average Bonchev–Trinajstić information content (AvgIpc) is 2.72. The minimum atomic E-state index is 0.481. The Hall–Kier alpha value is -1.87. The van der Waals surface area contributed by atoms with Gasteiger partial charge >= 0.3 is 0 Å². The molecule has 0 fully saturated rings. The number of aryl methyl sites for hydroxylation is 1. The Morgan fingerprint density at radius 2 is 2.12 bits per heavy atom. The van der Waals surface area contributed by atoms with Crippen molar-refractivity contribution in [3.8, 4) is 0 Å². The van der Waals surface area contributed by atoms with Gasteiger partial charge in [-0.3, -0.25) is 4.40 Å². The molecule has 80 valence electrons. The van der Waals surface area contributed by atoms with Crippen LogP contribution in [0.25, 0.3) is 16.6 Å². The van der Waals surface area contributed by atoms with Crippen molar-refractivity contribution in [2.75, 3.05) is 0 Å². The van der Waals surface area contributed by atoms with E-state index in [1.807, 2.05) is 12.3 Å². The summed E-state index contributed by atoms with van der Waals surface area (Å²) in [6.45, 7) is 2.60. The van der Waals surface area contributed by atoms with Crippen LogP contribution < -0.4 is 5.73 Å². The van der Waals surface area contributed by atoms with E-state index in [2.05, 4.69) is 40.6 Å². The van der Waals surface area contributed by atoms with Crippen LogP contribution in [-0.4, -0.2) is 9.38 Å². The van der Waals surface area contributed by atoms with Gasteiger partial charge in [-0.1, -0.05) is 18.2 Å². The van der Waals surface area contributed by atoms with Crippen LogP contribution in [0.4, 0.5) is 0 Å². The molecule has 0 aliphatic heterocycles. The van der Waals surface area contributed by atoms with Gasteiger partial charge in [-0.15, -0.1) is 0 Å². The summed E-state index contributed by atoms with van der Waals surface area (Å²) in [7, 11) is 0. The molecule has 2 N–H and O–H groups in total. The van der Waals surface area contributed by atoms with Gasteiger partial charge < -0.3 is 5.73 Å². The first-order chi connectivity index (χ1) is 7.79. The zero-order chi connectivity index (χ0) is 11.1. The summed E-state index contributed by atoms with van der Waals surface area (Å²) >= 11 is 0. The van der Waals surface area contributed by atoms with Gasteiger partial charge in [0.25, 0.3) is 0 Å². The predicted octanol–water partition coefficient (Wildman–Crippen LogP) is 2.25. The molecule has 0 amide bonds. The maximum absolute atomic E-state index is 5.62. The summed E-state index contributed by atoms with van der Waals surface area (Å²) in [4.78, 5) is 4.46. The number of hydrogen-bond donors (Lipinski definition) is 1. The van der Waals surface area contributed by atoms with Gasteiger partial charge in [0.2, 0.25) is 0 Å². The van der Waals surface area contributed by atoms with Crippen LogP contribution in [0.1, 0.15) is 11.3 Å². The minimum absolute atomic E-state index is 0.481. The first-order valence-electron chi connectivity index (χ1n) is 5.36. The fourth-order valence-electron chi connectivity index (χ4n) is 2.15. The molecular weight excluding hydrogens is 198 g/mol. The third-order valence-corrected chi connectivity index (χ3v) is 2.91. The summed E-state index contributed by atoms with van der Waals surface area (Å²) < 4.78 is 2.12. The maximum atomic E-state index is 5.62. The zero-order valence-corrected chi connectivity index (χ0v) is 9.14. The number of imidazole rings is 1. The number of rotatable bonds is 1. The van der Waals surface area contributed by atoms with Crippen LogP contribution in [-0.2, 0) is 6.54 Å². The number of hydrogen-bond acceptors (Lipinski definition) is 2. The van der Waals surface area contributed by atoms with Gasteiger partial charge in [0.1, 0.15) is 5.65 Å². The Bertz CT molecular complexity index is 667. The first kappa shape index (κ1) is 9.36. The quantitative estimate of drug-likeness (QED) is 0.671. The number of benzene rings is 1. The summed E-state index contributed by atoms with van der Waals surface area (Å²) in [5.41, 5.74) is 9.98. The lowest BCUT2D eigenvalue weighted by Gasteiger charge is -2.04. The topological polar surface area (TPSA) is 43.3 Å². The van der Waals surface area contributed by atoms with Crippen LogP contribution in [0, 0.1) is 6.92 Å². The summed E-state index contributed by atoms with van der Waals surface area (Å²) in [6, 6.07) is 10.4. The van der Waals surface area contributed by atoms with Gasteiger partial charge in [0.05, 0.1) is 11.2 Å². The highest BCUT2D eigenvalue weighted by atomic mass is 15.0. The third kappa shape index (κ3) is 1.22. The number of nitrogens with two attached hydrogens (primary N) is 1. The molecule has 2 heterocycles. The van der Waals surface area contributed by atoms with Gasteiger partial charge in [-0.05, 0) is 30.0 Å². The summed E-state index contributed by atoms with van der Waals surface area (Å²) in [5.74, 6) is 0. The van der Waals surface area contributed by atoms with E-state index in [1.54, 1.807) is 0 Å². The van der Waals surface area contributed by atoms with E-state index in [0.29, 0.717) is 6.54 Å². The van der Waals surface area contributed by atoms with E-state index in [1.165, 1.54) is 16.5 Å². The monoisotopic (exact) mass is 211 g/mol. The van der Waals surface area contributed by atoms with E-state index in [4.69, 9.17) is 5.73 Å². The second-order valence-corrected chi connectivity index (χ2v) is 4.01. The van der Waals surface area contributed by atoms with Crippen molar-refractivity contribution >= 4 is 16.6 Å². The van der Waals surface area contributed by atoms with Crippen molar-refractivity contribution in [1.29, 1.82) is 0 Å². The molecule has 3 nitrogen and oxygen atoms in total. The smallest absolute Gasteiger partial charge is 0.137 e. The molecule has 0 bridgehead atoms. The number of nitrogens with zero attached hydrogens (tertiary/aromatic N) is 2. The maximum Gasteiger partial charge on any atom is 0.137 e. The van der Waals surface area contributed by atoms with E-state index in [-0.39, 0.29) is 0 Å². The Labute approximate surface area is 93.5 Å². The normalized spacial score (nSPS) is 11.4. The van der Waals surface area contributed by atoms with Gasteiger partial charge in [-0.25, -0.2) is 4.98 Å². The number of fused-ring (bicyclic) bond motifs is 3. The summed E-state index contributed by atoms with van der Waals surface area (Å²) in [5, 5.41) is 1.23. The lowest BCUT2D eigenvalue weighted by molar-refractivity contribution is 1.02. The van der Waals surface area contributed by atoms with Crippen LogP contribution in [0.3, 0.4) is 0 Å².